The standard InChI is InChI=1S/C33H37N5O2/c1-37-24-11-12-25(37)19-27(18-24)40-26-13-8-22(9-14-26)32-29-17-23(33(34)39)10-15-31(29)38(36-32)20-30-28(7-4-16-35-30)21-5-2-3-6-21/h4,7-10,13-17,21,24-25,27H,2-3,5-6,11-12,18-20H2,1H3,(H2,34,39). The van der Waals surface area contributed by atoms with Crippen molar-refractivity contribution in [3.63, 3.8) is 0 Å². The van der Waals surface area contributed by atoms with E-state index < -0.39 is 5.91 Å². The zero-order valence-electron chi connectivity index (χ0n) is 23.1. The Kier molecular flexibility index (Phi) is 6.54. The molecule has 2 aromatic heterocycles. The number of fused-ring (bicyclic) bond motifs is 3. The third-order valence-corrected chi connectivity index (χ3v) is 9.54. The van der Waals surface area contributed by atoms with Crippen LogP contribution in [-0.4, -0.2) is 50.8 Å². The van der Waals surface area contributed by atoms with Crippen LogP contribution in [0.5, 0.6) is 5.75 Å². The first kappa shape index (κ1) is 25.3. The average Bonchev–Trinajstić information content (AvgIpc) is 3.67. The van der Waals surface area contributed by atoms with Crippen LogP contribution in [0.1, 0.15) is 78.9 Å². The summed E-state index contributed by atoms with van der Waals surface area (Å²) in [5.74, 6) is 1.03. The molecule has 4 heterocycles. The Hall–Kier alpha value is -3.71. The van der Waals surface area contributed by atoms with Gasteiger partial charge in [0, 0.05) is 34.8 Å². The second-order valence-corrected chi connectivity index (χ2v) is 11.9. The Balaban J connectivity index is 1.20. The summed E-state index contributed by atoms with van der Waals surface area (Å²) >= 11 is 0. The number of carbonyl (C=O) groups is 1. The highest BCUT2D eigenvalue weighted by Gasteiger charge is 2.39. The lowest BCUT2D eigenvalue weighted by Crippen LogP contribution is -2.43. The van der Waals surface area contributed by atoms with Gasteiger partial charge in [-0.2, -0.15) is 5.10 Å². The molecular weight excluding hydrogens is 498 g/mol. The van der Waals surface area contributed by atoms with Gasteiger partial charge in [-0.05, 0) is 106 Å². The maximum atomic E-state index is 12.1. The minimum absolute atomic E-state index is 0.269. The Morgan fingerprint density at radius 1 is 1.00 bits per heavy atom. The first-order valence-corrected chi connectivity index (χ1v) is 14.8. The molecular formula is C33H37N5O2. The number of nitrogens with zero attached hydrogens (tertiary/aromatic N) is 4. The number of hydrogen-bond acceptors (Lipinski definition) is 5. The van der Waals surface area contributed by atoms with Crippen LogP contribution in [-0.2, 0) is 6.54 Å². The van der Waals surface area contributed by atoms with Crippen LogP contribution in [0.25, 0.3) is 22.2 Å². The number of piperidine rings is 1. The van der Waals surface area contributed by atoms with Gasteiger partial charge in [0.15, 0.2) is 0 Å². The molecule has 2 aliphatic heterocycles. The fraction of sp³-hybridized carbons (Fsp3) is 0.424. The van der Waals surface area contributed by atoms with Crippen molar-refractivity contribution >= 4 is 16.8 Å². The molecule has 2 aromatic carbocycles. The summed E-state index contributed by atoms with van der Waals surface area (Å²) in [6.45, 7) is 0.582. The molecule has 1 saturated carbocycles. The first-order valence-electron chi connectivity index (χ1n) is 14.8. The van der Waals surface area contributed by atoms with Crippen molar-refractivity contribution in [2.75, 3.05) is 7.05 Å². The molecule has 3 fully saturated rings. The molecule has 7 rings (SSSR count). The van der Waals surface area contributed by atoms with Crippen molar-refractivity contribution in [3.05, 3.63) is 77.6 Å². The third kappa shape index (κ3) is 4.66. The Labute approximate surface area is 235 Å². The molecule has 40 heavy (non-hydrogen) atoms. The lowest BCUT2D eigenvalue weighted by atomic mass is 9.96. The van der Waals surface area contributed by atoms with E-state index in [0.717, 1.165) is 46.4 Å². The fourth-order valence-corrected chi connectivity index (χ4v) is 7.34. The first-order chi connectivity index (χ1) is 19.5. The van der Waals surface area contributed by atoms with Gasteiger partial charge in [0.1, 0.15) is 17.5 Å². The van der Waals surface area contributed by atoms with Crippen molar-refractivity contribution in [1.29, 1.82) is 0 Å². The number of amides is 1. The van der Waals surface area contributed by atoms with E-state index in [4.69, 9.17) is 20.6 Å². The van der Waals surface area contributed by atoms with Crippen LogP contribution in [0, 0.1) is 0 Å². The van der Waals surface area contributed by atoms with E-state index >= 15 is 0 Å². The molecule has 2 N–H and O–H groups in total. The van der Waals surface area contributed by atoms with Gasteiger partial charge in [-0.25, -0.2) is 0 Å². The van der Waals surface area contributed by atoms with Gasteiger partial charge in [-0.1, -0.05) is 18.9 Å². The fourth-order valence-electron chi connectivity index (χ4n) is 7.34. The minimum Gasteiger partial charge on any atom is -0.490 e. The molecule has 2 atom stereocenters. The summed E-state index contributed by atoms with van der Waals surface area (Å²) < 4.78 is 8.46. The number of primary amides is 1. The minimum atomic E-state index is -0.440. The number of ether oxygens (including phenoxy) is 1. The number of aromatic nitrogens is 3. The highest BCUT2D eigenvalue weighted by molar-refractivity contribution is 6.01. The highest BCUT2D eigenvalue weighted by atomic mass is 16.5. The SMILES string of the molecule is CN1C2CCC1CC(Oc1ccc(-c3nn(Cc4ncccc4C4CCCC4)c4ccc(C(N)=O)cc34)cc1)C2. The highest BCUT2D eigenvalue weighted by Crippen LogP contribution is 2.38. The maximum absolute atomic E-state index is 12.1. The predicted molar refractivity (Wildman–Crippen MR) is 156 cm³/mol. The molecule has 206 valence electrons. The quantitative estimate of drug-likeness (QED) is 0.318. The van der Waals surface area contributed by atoms with Crippen LogP contribution in [0.3, 0.4) is 0 Å². The summed E-state index contributed by atoms with van der Waals surface area (Å²) in [5, 5.41) is 6.00. The normalized spacial score (nSPS) is 23.2. The van der Waals surface area contributed by atoms with Crippen LogP contribution in [0.2, 0.25) is 0 Å². The van der Waals surface area contributed by atoms with Gasteiger partial charge >= 0.3 is 0 Å². The van der Waals surface area contributed by atoms with Crippen molar-refractivity contribution in [3.8, 4) is 17.0 Å². The van der Waals surface area contributed by atoms with Gasteiger partial charge in [0.25, 0.3) is 0 Å². The Bertz CT molecular complexity index is 1520. The summed E-state index contributed by atoms with van der Waals surface area (Å²) in [5.41, 5.74) is 11.3. The molecule has 4 aromatic rings. The molecule has 3 aliphatic rings. The van der Waals surface area contributed by atoms with Crippen LogP contribution in [0.4, 0.5) is 0 Å². The van der Waals surface area contributed by atoms with E-state index in [2.05, 4.69) is 42.3 Å². The monoisotopic (exact) mass is 535 g/mol. The second-order valence-electron chi connectivity index (χ2n) is 11.9. The molecule has 2 unspecified atom stereocenters. The lowest BCUT2D eigenvalue weighted by molar-refractivity contribution is 0.0662. The molecule has 1 aliphatic carbocycles. The van der Waals surface area contributed by atoms with Crippen LogP contribution < -0.4 is 10.5 Å². The predicted octanol–water partition coefficient (Wildman–Crippen LogP) is 5.91. The average molecular weight is 536 g/mol. The van der Waals surface area contributed by atoms with E-state index in [0.29, 0.717) is 30.1 Å². The number of pyridine rings is 1. The Morgan fingerprint density at radius 2 is 1.75 bits per heavy atom. The summed E-state index contributed by atoms with van der Waals surface area (Å²) in [6, 6.07) is 19.4. The number of benzene rings is 2. The van der Waals surface area contributed by atoms with Gasteiger partial charge in [0.2, 0.25) is 5.91 Å². The van der Waals surface area contributed by atoms with Gasteiger partial charge in [-0.3, -0.25) is 14.5 Å². The molecule has 0 spiro atoms. The molecule has 0 radical (unpaired) electrons. The second kappa shape index (κ2) is 10.4. The smallest absolute Gasteiger partial charge is 0.248 e. The largest absolute Gasteiger partial charge is 0.490 e. The van der Waals surface area contributed by atoms with E-state index in [1.165, 1.54) is 44.1 Å². The summed E-state index contributed by atoms with van der Waals surface area (Å²) in [4.78, 5) is 19.4. The van der Waals surface area contributed by atoms with E-state index in [9.17, 15) is 4.79 Å². The van der Waals surface area contributed by atoms with Crippen LogP contribution >= 0.6 is 0 Å². The molecule has 7 heteroatoms. The van der Waals surface area contributed by atoms with Gasteiger partial charge in [-0.15, -0.1) is 0 Å². The lowest BCUT2D eigenvalue weighted by Gasteiger charge is -2.36. The topological polar surface area (TPSA) is 86.3 Å². The zero-order valence-corrected chi connectivity index (χ0v) is 23.1. The van der Waals surface area contributed by atoms with Gasteiger partial charge < -0.3 is 15.4 Å². The van der Waals surface area contributed by atoms with Gasteiger partial charge in [0.05, 0.1) is 17.8 Å². The van der Waals surface area contributed by atoms with Crippen molar-refractivity contribution in [2.24, 2.45) is 5.73 Å². The number of rotatable bonds is 7. The molecule has 7 nitrogen and oxygen atoms in total. The van der Waals surface area contributed by atoms with Crippen molar-refractivity contribution in [2.45, 2.75) is 82.0 Å². The third-order valence-electron chi connectivity index (χ3n) is 9.54. The summed E-state index contributed by atoms with van der Waals surface area (Å²) in [7, 11) is 2.25. The maximum Gasteiger partial charge on any atom is 0.248 e. The van der Waals surface area contributed by atoms with E-state index in [-0.39, 0.29) is 6.10 Å². The van der Waals surface area contributed by atoms with Crippen molar-refractivity contribution < 1.29 is 9.53 Å². The number of nitrogens with two attached hydrogens (primary N) is 1. The number of hydrogen-bond donors (Lipinski definition) is 1. The molecule has 2 bridgehead atoms. The summed E-state index contributed by atoms with van der Waals surface area (Å²) in [6.07, 6.45) is 11.9. The van der Waals surface area contributed by atoms with E-state index in [1.807, 2.05) is 29.1 Å². The Morgan fingerprint density at radius 3 is 2.48 bits per heavy atom. The van der Waals surface area contributed by atoms with Crippen molar-refractivity contribution in [1.82, 2.24) is 19.7 Å². The number of carbonyl (C=O) groups excluding carboxylic acids is 1. The molecule has 2 saturated heterocycles. The van der Waals surface area contributed by atoms with Crippen LogP contribution in [0.15, 0.2) is 60.8 Å². The zero-order chi connectivity index (χ0) is 27.2. The molecule has 1 amide bonds. The van der Waals surface area contributed by atoms with E-state index in [1.54, 1.807) is 6.07 Å².